The molecule has 1 fully saturated rings. The van der Waals surface area contributed by atoms with Crippen LogP contribution in [0.15, 0.2) is 29.2 Å². The molecule has 1 heterocycles. The topological polar surface area (TPSA) is 41.1 Å². The van der Waals surface area contributed by atoms with Crippen LogP contribution in [0, 0.1) is 11.8 Å². The van der Waals surface area contributed by atoms with Gasteiger partial charge in [0.2, 0.25) is 5.91 Å². The van der Waals surface area contributed by atoms with Crippen molar-refractivity contribution in [3.05, 3.63) is 24.3 Å². The lowest BCUT2D eigenvalue weighted by atomic mass is 9.88. The molecule has 0 spiro atoms. The summed E-state index contributed by atoms with van der Waals surface area (Å²) in [6.45, 7) is 3.92. The molecular weight excluding hydrogens is 232 g/mol. The lowest BCUT2D eigenvalue weighted by Gasteiger charge is -2.31. The molecule has 2 N–H and O–H groups in total. The van der Waals surface area contributed by atoms with Crippen LogP contribution in [0.2, 0.25) is 0 Å². The van der Waals surface area contributed by atoms with Gasteiger partial charge < -0.3 is 10.6 Å². The number of carbonyl (C=O) groups excluding carboxylic acids is 1. The van der Waals surface area contributed by atoms with Crippen LogP contribution in [0.1, 0.15) is 6.92 Å². The lowest BCUT2D eigenvalue weighted by molar-refractivity contribution is -0.121. The van der Waals surface area contributed by atoms with E-state index in [2.05, 4.69) is 10.6 Å². The molecule has 0 bridgehead atoms. The third-order valence-corrected chi connectivity index (χ3v) is 4.09. The van der Waals surface area contributed by atoms with Gasteiger partial charge in [-0.05, 0) is 37.4 Å². The molecule has 2 rings (SSSR count). The molecule has 0 aromatic heterocycles. The number of hydrogen-bond donors (Lipinski definition) is 2. The van der Waals surface area contributed by atoms with E-state index in [0.29, 0.717) is 5.92 Å². The van der Waals surface area contributed by atoms with E-state index >= 15 is 0 Å². The SMILES string of the molecule is CSc1ccccc1NC(=O)C(C)C1CNC1. The van der Waals surface area contributed by atoms with Crippen molar-refractivity contribution in [3.63, 3.8) is 0 Å². The third kappa shape index (κ3) is 2.82. The summed E-state index contributed by atoms with van der Waals surface area (Å²) in [4.78, 5) is 13.2. The highest BCUT2D eigenvalue weighted by Gasteiger charge is 2.28. The predicted molar refractivity (Wildman–Crippen MR) is 72.4 cm³/mol. The number of nitrogens with one attached hydrogen (secondary N) is 2. The van der Waals surface area contributed by atoms with E-state index in [1.54, 1.807) is 11.8 Å². The fraction of sp³-hybridized carbons (Fsp3) is 0.462. The highest BCUT2D eigenvalue weighted by molar-refractivity contribution is 7.98. The first-order valence-corrected chi connectivity index (χ1v) is 7.09. The number of para-hydroxylation sites is 1. The summed E-state index contributed by atoms with van der Waals surface area (Å²) >= 11 is 1.65. The van der Waals surface area contributed by atoms with Gasteiger partial charge in [0, 0.05) is 10.8 Å². The zero-order valence-corrected chi connectivity index (χ0v) is 11.0. The zero-order valence-electron chi connectivity index (χ0n) is 10.2. The molecule has 1 saturated heterocycles. The van der Waals surface area contributed by atoms with E-state index in [0.717, 1.165) is 23.7 Å². The normalized spacial score (nSPS) is 17.3. The average molecular weight is 250 g/mol. The summed E-state index contributed by atoms with van der Waals surface area (Å²) in [5.74, 6) is 0.681. The Morgan fingerprint density at radius 1 is 1.47 bits per heavy atom. The maximum absolute atomic E-state index is 12.1. The molecule has 0 radical (unpaired) electrons. The van der Waals surface area contributed by atoms with Crippen molar-refractivity contribution in [1.29, 1.82) is 0 Å². The van der Waals surface area contributed by atoms with E-state index in [-0.39, 0.29) is 11.8 Å². The standard InChI is InChI=1S/C13H18N2OS/c1-9(10-7-14-8-10)13(16)15-11-5-3-4-6-12(11)17-2/h3-6,9-10,14H,7-8H2,1-2H3,(H,15,16). The quantitative estimate of drug-likeness (QED) is 0.805. The van der Waals surface area contributed by atoms with Crippen LogP contribution in [-0.4, -0.2) is 25.3 Å². The minimum absolute atomic E-state index is 0.0752. The average Bonchev–Trinajstić information content (AvgIpc) is 2.27. The minimum Gasteiger partial charge on any atom is -0.325 e. The largest absolute Gasteiger partial charge is 0.325 e. The predicted octanol–water partition coefficient (Wildman–Crippen LogP) is 2.20. The number of carbonyl (C=O) groups is 1. The van der Waals surface area contributed by atoms with Gasteiger partial charge in [0.05, 0.1) is 5.69 Å². The van der Waals surface area contributed by atoms with E-state index in [9.17, 15) is 4.79 Å². The van der Waals surface area contributed by atoms with Gasteiger partial charge in [0.1, 0.15) is 0 Å². The summed E-state index contributed by atoms with van der Waals surface area (Å²) in [5.41, 5.74) is 0.920. The van der Waals surface area contributed by atoms with Crippen molar-refractivity contribution >= 4 is 23.4 Å². The van der Waals surface area contributed by atoms with E-state index in [1.807, 2.05) is 37.4 Å². The number of benzene rings is 1. The van der Waals surface area contributed by atoms with Gasteiger partial charge in [0.25, 0.3) is 0 Å². The van der Waals surface area contributed by atoms with Crippen LogP contribution in [0.3, 0.4) is 0 Å². The molecule has 1 aliphatic heterocycles. The van der Waals surface area contributed by atoms with Crippen LogP contribution in [0.4, 0.5) is 5.69 Å². The summed E-state index contributed by atoms with van der Waals surface area (Å²) in [6, 6.07) is 7.91. The fourth-order valence-electron chi connectivity index (χ4n) is 1.87. The van der Waals surface area contributed by atoms with Crippen molar-refractivity contribution in [2.45, 2.75) is 11.8 Å². The van der Waals surface area contributed by atoms with E-state index < -0.39 is 0 Å². The van der Waals surface area contributed by atoms with Crippen molar-refractivity contribution in [2.24, 2.45) is 11.8 Å². The van der Waals surface area contributed by atoms with E-state index in [1.165, 1.54) is 0 Å². The molecule has 0 saturated carbocycles. The second-order valence-electron chi connectivity index (χ2n) is 4.40. The van der Waals surface area contributed by atoms with Gasteiger partial charge in [-0.3, -0.25) is 4.79 Å². The van der Waals surface area contributed by atoms with Crippen molar-refractivity contribution < 1.29 is 4.79 Å². The molecule has 0 aliphatic carbocycles. The van der Waals surface area contributed by atoms with Crippen LogP contribution in [-0.2, 0) is 4.79 Å². The molecule has 1 unspecified atom stereocenters. The van der Waals surface area contributed by atoms with Crippen molar-refractivity contribution in [1.82, 2.24) is 5.32 Å². The highest BCUT2D eigenvalue weighted by Crippen LogP contribution is 2.26. The maximum Gasteiger partial charge on any atom is 0.227 e. The number of thioether (sulfide) groups is 1. The molecule has 1 aromatic carbocycles. The maximum atomic E-state index is 12.1. The van der Waals surface area contributed by atoms with E-state index in [4.69, 9.17) is 0 Å². The molecule has 1 aromatic rings. The minimum atomic E-state index is 0.0752. The number of anilines is 1. The Hall–Kier alpha value is -1.00. The number of rotatable bonds is 4. The van der Waals surface area contributed by atoms with Crippen molar-refractivity contribution in [3.8, 4) is 0 Å². The molecule has 92 valence electrons. The summed E-state index contributed by atoms with van der Waals surface area (Å²) in [5, 5.41) is 6.22. The summed E-state index contributed by atoms with van der Waals surface area (Å²) < 4.78 is 0. The van der Waals surface area contributed by atoms with Gasteiger partial charge in [-0.25, -0.2) is 0 Å². The van der Waals surface area contributed by atoms with Crippen LogP contribution >= 0.6 is 11.8 Å². The molecule has 1 amide bonds. The Balaban J connectivity index is 2.01. The summed E-state index contributed by atoms with van der Waals surface area (Å²) in [6.07, 6.45) is 2.02. The Labute approximate surface area is 106 Å². The lowest BCUT2D eigenvalue weighted by Crippen LogP contribution is -2.48. The fourth-order valence-corrected chi connectivity index (χ4v) is 2.43. The van der Waals surface area contributed by atoms with Gasteiger partial charge in [-0.15, -0.1) is 11.8 Å². The molecule has 3 nitrogen and oxygen atoms in total. The Morgan fingerprint density at radius 3 is 2.76 bits per heavy atom. The second-order valence-corrected chi connectivity index (χ2v) is 5.24. The van der Waals surface area contributed by atoms with Crippen LogP contribution in [0.25, 0.3) is 0 Å². The molecular formula is C13H18N2OS. The van der Waals surface area contributed by atoms with Crippen molar-refractivity contribution in [2.75, 3.05) is 24.7 Å². The second kappa shape index (κ2) is 5.56. The van der Waals surface area contributed by atoms with Crippen LogP contribution in [0.5, 0.6) is 0 Å². The Kier molecular flexibility index (Phi) is 4.07. The molecule has 1 aliphatic rings. The first-order valence-electron chi connectivity index (χ1n) is 5.87. The first-order chi connectivity index (χ1) is 8.22. The van der Waals surface area contributed by atoms with Gasteiger partial charge in [-0.2, -0.15) is 0 Å². The van der Waals surface area contributed by atoms with Gasteiger partial charge in [0.15, 0.2) is 0 Å². The number of amides is 1. The van der Waals surface area contributed by atoms with Gasteiger partial charge >= 0.3 is 0 Å². The molecule has 1 atom stereocenters. The molecule has 17 heavy (non-hydrogen) atoms. The summed E-state index contributed by atoms with van der Waals surface area (Å²) in [7, 11) is 0. The monoisotopic (exact) mass is 250 g/mol. The Bertz CT molecular complexity index is 404. The smallest absolute Gasteiger partial charge is 0.227 e. The number of hydrogen-bond acceptors (Lipinski definition) is 3. The highest BCUT2D eigenvalue weighted by atomic mass is 32.2. The molecule has 4 heteroatoms. The zero-order chi connectivity index (χ0) is 12.3. The van der Waals surface area contributed by atoms with Crippen LogP contribution < -0.4 is 10.6 Å². The third-order valence-electron chi connectivity index (χ3n) is 3.30. The Morgan fingerprint density at radius 2 is 2.18 bits per heavy atom. The first kappa shape index (κ1) is 12.5. The van der Waals surface area contributed by atoms with Gasteiger partial charge in [-0.1, -0.05) is 19.1 Å².